The van der Waals surface area contributed by atoms with Crippen molar-refractivity contribution in [2.24, 2.45) is 7.05 Å². The molecule has 1 saturated heterocycles. The molecule has 0 saturated carbocycles. The molecule has 4 aromatic rings. The number of aromatic nitrogens is 4. The molecule has 0 bridgehead atoms. The molecule has 5 rings (SSSR count). The number of fused-ring (bicyclic) bond motifs is 1. The van der Waals surface area contributed by atoms with Crippen molar-refractivity contribution in [1.82, 2.24) is 24.2 Å². The molecule has 1 aliphatic rings. The van der Waals surface area contributed by atoms with Crippen molar-refractivity contribution < 1.29 is 23.4 Å². The first-order valence-electron chi connectivity index (χ1n) is 14.4. The Labute approximate surface area is 249 Å². The number of rotatable bonds is 11. The molecule has 0 unspecified atom stereocenters. The Kier molecular flexibility index (Phi) is 9.09. The van der Waals surface area contributed by atoms with Gasteiger partial charge in [-0.15, -0.1) is 0 Å². The van der Waals surface area contributed by atoms with Crippen LogP contribution in [-0.4, -0.2) is 80.6 Å². The number of hydrogen-bond donors (Lipinski definition) is 1. The van der Waals surface area contributed by atoms with Crippen LogP contribution in [0.1, 0.15) is 32.8 Å². The van der Waals surface area contributed by atoms with E-state index in [0.29, 0.717) is 35.1 Å². The molecule has 3 heterocycles. The highest BCUT2D eigenvalue weighted by molar-refractivity contribution is 5.84. The van der Waals surface area contributed by atoms with Crippen LogP contribution in [0.25, 0.3) is 22.0 Å². The van der Waals surface area contributed by atoms with Crippen molar-refractivity contribution >= 4 is 16.9 Å². The predicted octanol–water partition coefficient (Wildman–Crippen LogP) is 4.09. The molecule has 0 spiro atoms. The zero-order valence-electron chi connectivity index (χ0n) is 24.9. The van der Waals surface area contributed by atoms with Gasteiger partial charge in [-0.05, 0) is 51.0 Å². The topological polar surface area (TPSA) is 97.9 Å². The molecule has 43 heavy (non-hydrogen) atoms. The van der Waals surface area contributed by atoms with E-state index in [0.717, 1.165) is 43.7 Å². The van der Waals surface area contributed by atoms with Crippen molar-refractivity contribution in [3.8, 4) is 16.9 Å². The van der Waals surface area contributed by atoms with Crippen molar-refractivity contribution in [3.05, 3.63) is 70.8 Å². The van der Waals surface area contributed by atoms with Gasteiger partial charge in [0.15, 0.2) is 5.79 Å². The van der Waals surface area contributed by atoms with Gasteiger partial charge in [0.1, 0.15) is 5.75 Å². The third kappa shape index (κ3) is 7.20. The molecule has 2 aromatic heterocycles. The Bertz CT molecular complexity index is 1600. The van der Waals surface area contributed by atoms with Crippen molar-refractivity contribution in [2.45, 2.75) is 52.2 Å². The standard InChI is InChI=1S/C31H38F2N6O4/c1-21-19-38(14-13-37(21)12-7-15-42-31(2,3)41)30-34-17-24(18-35-30)22-10-11-25-26(16-22)39(36(4)28(25)40)20-23-8-5-6-9-27(23)43-29(32)33/h5-6,8-11,16-18,21,29,41H,7,12-15,19-20H2,1-4H3/t21-/m1/s1. The molecule has 12 heteroatoms. The number of benzene rings is 2. The van der Waals surface area contributed by atoms with E-state index in [1.807, 2.05) is 12.1 Å². The monoisotopic (exact) mass is 596 g/mol. The molecule has 0 aliphatic carbocycles. The van der Waals surface area contributed by atoms with Crippen LogP contribution in [0.3, 0.4) is 0 Å². The summed E-state index contributed by atoms with van der Waals surface area (Å²) in [6.07, 6.45) is 4.41. The molecule has 1 N–H and O–H groups in total. The highest BCUT2D eigenvalue weighted by Gasteiger charge is 2.25. The molecule has 0 amide bonds. The van der Waals surface area contributed by atoms with Crippen LogP contribution < -0.4 is 15.2 Å². The van der Waals surface area contributed by atoms with E-state index in [2.05, 4.69) is 26.7 Å². The van der Waals surface area contributed by atoms with Gasteiger partial charge in [0.05, 0.1) is 24.1 Å². The van der Waals surface area contributed by atoms with Gasteiger partial charge in [0.2, 0.25) is 5.95 Å². The zero-order valence-corrected chi connectivity index (χ0v) is 24.9. The molecule has 2 aromatic carbocycles. The second-order valence-corrected chi connectivity index (χ2v) is 11.4. The first-order valence-corrected chi connectivity index (χ1v) is 14.4. The van der Waals surface area contributed by atoms with Crippen molar-refractivity contribution in [3.63, 3.8) is 0 Å². The van der Waals surface area contributed by atoms with Crippen LogP contribution in [0.15, 0.2) is 59.7 Å². The van der Waals surface area contributed by atoms with E-state index < -0.39 is 12.4 Å². The zero-order chi connectivity index (χ0) is 30.7. The summed E-state index contributed by atoms with van der Waals surface area (Å²) in [4.78, 5) is 26.9. The molecular formula is C31H38F2N6O4. The number of piperazine rings is 1. The number of nitrogens with zero attached hydrogens (tertiary/aromatic N) is 6. The normalized spacial score (nSPS) is 16.4. The van der Waals surface area contributed by atoms with Gasteiger partial charge in [-0.2, -0.15) is 8.78 Å². The maximum Gasteiger partial charge on any atom is 0.387 e. The Morgan fingerprint density at radius 1 is 1.09 bits per heavy atom. The van der Waals surface area contributed by atoms with Crippen LogP contribution in [0.2, 0.25) is 0 Å². The van der Waals surface area contributed by atoms with E-state index in [9.17, 15) is 18.7 Å². The van der Waals surface area contributed by atoms with Crippen molar-refractivity contribution in [1.29, 1.82) is 0 Å². The fraction of sp³-hybridized carbons (Fsp3) is 0.452. The van der Waals surface area contributed by atoms with Gasteiger partial charge in [0.25, 0.3) is 5.56 Å². The summed E-state index contributed by atoms with van der Waals surface area (Å²) in [5, 5.41) is 10.2. The van der Waals surface area contributed by atoms with Crippen LogP contribution in [-0.2, 0) is 18.3 Å². The fourth-order valence-corrected chi connectivity index (χ4v) is 5.48. The van der Waals surface area contributed by atoms with E-state index in [4.69, 9.17) is 9.47 Å². The van der Waals surface area contributed by atoms with Crippen LogP contribution in [0, 0.1) is 0 Å². The number of halogens is 2. The van der Waals surface area contributed by atoms with Gasteiger partial charge in [-0.1, -0.05) is 24.3 Å². The average Bonchev–Trinajstić information content (AvgIpc) is 3.20. The lowest BCUT2D eigenvalue weighted by molar-refractivity contribution is -0.176. The summed E-state index contributed by atoms with van der Waals surface area (Å²) in [6.45, 7) is 6.56. The molecule has 1 atom stereocenters. The van der Waals surface area contributed by atoms with Gasteiger partial charge in [-0.3, -0.25) is 19.1 Å². The summed E-state index contributed by atoms with van der Waals surface area (Å²) in [6, 6.07) is 12.4. The lowest BCUT2D eigenvalue weighted by atomic mass is 10.1. The highest BCUT2D eigenvalue weighted by atomic mass is 19.3. The Balaban J connectivity index is 1.30. The smallest absolute Gasteiger partial charge is 0.387 e. The number of aliphatic hydroxyl groups is 1. The maximum absolute atomic E-state index is 13.0. The van der Waals surface area contributed by atoms with Crippen LogP contribution in [0.5, 0.6) is 5.75 Å². The Morgan fingerprint density at radius 2 is 1.84 bits per heavy atom. The summed E-state index contributed by atoms with van der Waals surface area (Å²) >= 11 is 0. The fourth-order valence-electron chi connectivity index (χ4n) is 5.48. The Hall–Kier alpha value is -3.87. The summed E-state index contributed by atoms with van der Waals surface area (Å²) in [5.41, 5.74) is 2.65. The Morgan fingerprint density at radius 3 is 2.53 bits per heavy atom. The molecule has 1 aliphatic heterocycles. The molecule has 1 fully saturated rings. The quantitative estimate of drug-likeness (QED) is 0.204. The maximum atomic E-state index is 13.0. The van der Waals surface area contributed by atoms with E-state index in [1.54, 1.807) is 62.2 Å². The van der Waals surface area contributed by atoms with E-state index in [-0.39, 0.29) is 17.9 Å². The summed E-state index contributed by atoms with van der Waals surface area (Å²) in [5.74, 6) is -0.378. The van der Waals surface area contributed by atoms with E-state index in [1.165, 1.54) is 10.7 Å². The minimum absolute atomic E-state index is 0.0712. The van der Waals surface area contributed by atoms with Gasteiger partial charge < -0.3 is 19.5 Å². The second-order valence-electron chi connectivity index (χ2n) is 11.4. The predicted molar refractivity (Wildman–Crippen MR) is 160 cm³/mol. The van der Waals surface area contributed by atoms with E-state index >= 15 is 0 Å². The second kappa shape index (κ2) is 12.8. The van der Waals surface area contributed by atoms with Crippen molar-refractivity contribution in [2.75, 3.05) is 37.7 Å². The first-order chi connectivity index (χ1) is 20.5. The highest BCUT2D eigenvalue weighted by Crippen LogP contribution is 2.27. The first kappa shape index (κ1) is 30.6. The molecule has 10 nitrogen and oxygen atoms in total. The van der Waals surface area contributed by atoms with Gasteiger partial charge in [0, 0.05) is 62.8 Å². The summed E-state index contributed by atoms with van der Waals surface area (Å²) in [7, 11) is 1.65. The molecule has 0 radical (unpaired) electrons. The lowest BCUT2D eigenvalue weighted by Gasteiger charge is -2.40. The van der Waals surface area contributed by atoms with Crippen LogP contribution in [0.4, 0.5) is 14.7 Å². The lowest BCUT2D eigenvalue weighted by Crippen LogP contribution is -2.52. The number of alkyl halides is 2. The third-order valence-electron chi connectivity index (χ3n) is 7.74. The van der Waals surface area contributed by atoms with Gasteiger partial charge in [-0.25, -0.2) is 9.97 Å². The third-order valence-corrected chi connectivity index (χ3v) is 7.74. The molecular weight excluding hydrogens is 558 g/mol. The SMILES string of the molecule is C[C@@H]1CN(c2ncc(-c3ccc4c(=O)n(C)n(Cc5ccccc5OC(F)F)c4c3)cn2)CCN1CCCOC(C)(C)O. The average molecular weight is 597 g/mol. The number of ether oxygens (including phenoxy) is 2. The van der Waals surface area contributed by atoms with Crippen LogP contribution >= 0.6 is 0 Å². The number of anilines is 1. The van der Waals surface area contributed by atoms with Gasteiger partial charge >= 0.3 is 6.61 Å². The summed E-state index contributed by atoms with van der Waals surface area (Å²) < 4.78 is 39.3. The molecule has 230 valence electrons. The minimum Gasteiger partial charge on any atom is -0.434 e. The number of para-hydroxylation sites is 1. The minimum atomic E-state index is -2.95. The largest absolute Gasteiger partial charge is 0.434 e. The number of hydrogen-bond acceptors (Lipinski definition) is 8.